The average Bonchev–Trinajstić information content (AvgIpc) is 2.87. The van der Waals surface area contributed by atoms with E-state index in [1.807, 2.05) is 48.7 Å². The van der Waals surface area contributed by atoms with Crippen LogP contribution in [-0.2, 0) is 6.54 Å². The van der Waals surface area contributed by atoms with Crippen LogP contribution in [0.4, 0.5) is 0 Å². The van der Waals surface area contributed by atoms with Gasteiger partial charge in [0.15, 0.2) is 5.78 Å². The molecule has 0 aliphatic heterocycles. The van der Waals surface area contributed by atoms with E-state index in [9.17, 15) is 4.79 Å². The van der Waals surface area contributed by atoms with E-state index in [2.05, 4.69) is 10.6 Å². The lowest BCUT2D eigenvalue weighted by molar-refractivity contribution is 0.101. The number of nitrogens with zero attached hydrogens (tertiary/aromatic N) is 1. The van der Waals surface area contributed by atoms with Crippen LogP contribution in [0.3, 0.4) is 0 Å². The molecular formula is C18H17NO2. The number of methoxy groups -OCH3 is 1. The molecule has 0 radical (unpaired) electrons. The van der Waals surface area contributed by atoms with E-state index in [1.165, 1.54) is 0 Å². The van der Waals surface area contributed by atoms with Gasteiger partial charge in [0, 0.05) is 29.2 Å². The van der Waals surface area contributed by atoms with Gasteiger partial charge in [-0.1, -0.05) is 30.3 Å². The van der Waals surface area contributed by atoms with Gasteiger partial charge in [-0.05, 0) is 30.7 Å². The smallest absolute Gasteiger partial charge is 0.161 e. The third-order valence-electron chi connectivity index (χ3n) is 3.65. The first-order chi connectivity index (χ1) is 10.2. The third-order valence-corrected chi connectivity index (χ3v) is 3.65. The van der Waals surface area contributed by atoms with Gasteiger partial charge in [-0.2, -0.15) is 0 Å². The van der Waals surface area contributed by atoms with E-state index in [-0.39, 0.29) is 5.78 Å². The molecule has 3 aromatic rings. The van der Waals surface area contributed by atoms with E-state index < -0.39 is 0 Å². The van der Waals surface area contributed by atoms with Crippen molar-refractivity contribution < 1.29 is 9.53 Å². The lowest BCUT2D eigenvalue weighted by Crippen LogP contribution is -1.98. The fourth-order valence-electron chi connectivity index (χ4n) is 2.63. The molecule has 0 spiro atoms. The molecule has 0 unspecified atom stereocenters. The number of ether oxygens (including phenoxy) is 1. The van der Waals surface area contributed by atoms with Gasteiger partial charge in [-0.25, -0.2) is 0 Å². The minimum atomic E-state index is 0.0931. The summed E-state index contributed by atoms with van der Waals surface area (Å²) < 4.78 is 7.37. The Morgan fingerprint density at radius 3 is 2.71 bits per heavy atom. The quantitative estimate of drug-likeness (QED) is 0.678. The van der Waals surface area contributed by atoms with Crippen LogP contribution in [-0.4, -0.2) is 17.5 Å². The van der Waals surface area contributed by atoms with Crippen molar-refractivity contribution in [2.24, 2.45) is 0 Å². The Bertz CT molecular complexity index is 802. The normalized spacial score (nSPS) is 10.8. The van der Waals surface area contributed by atoms with Gasteiger partial charge in [0.1, 0.15) is 5.75 Å². The molecule has 0 aliphatic carbocycles. The number of hydrogen-bond acceptors (Lipinski definition) is 2. The van der Waals surface area contributed by atoms with Crippen molar-refractivity contribution >= 4 is 16.7 Å². The van der Waals surface area contributed by atoms with Crippen LogP contribution in [0, 0.1) is 0 Å². The fraction of sp³-hybridized carbons (Fsp3) is 0.167. The topological polar surface area (TPSA) is 31.2 Å². The molecule has 2 aromatic carbocycles. The van der Waals surface area contributed by atoms with E-state index in [1.54, 1.807) is 14.0 Å². The molecule has 3 heteroatoms. The highest BCUT2D eigenvalue weighted by Crippen LogP contribution is 2.23. The van der Waals surface area contributed by atoms with Crippen LogP contribution in [0.2, 0.25) is 0 Å². The van der Waals surface area contributed by atoms with E-state index in [0.717, 1.165) is 27.8 Å². The molecule has 21 heavy (non-hydrogen) atoms. The number of rotatable bonds is 4. The van der Waals surface area contributed by atoms with Crippen LogP contribution < -0.4 is 4.74 Å². The Kier molecular flexibility index (Phi) is 3.48. The van der Waals surface area contributed by atoms with Crippen molar-refractivity contribution in [2.45, 2.75) is 13.5 Å². The Hall–Kier alpha value is -2.55. The highest BCUT2D eigenvalue weighted by atomic mass is 16.5. The molecule has 0 amide bonds. The fourth-order valence-corrected chi connectivity index (χ4v) is 2.63. The number of para-hydroxylation sites is 1. The predicted octanol–water partition coefficient (Wildman–Crippen LogP) is 3.90. The standard InChI is InChI=1S/C18H17NO2/c1-13(20)17-12-19(18-9-4-3-8-16(17)18)11-14-6-5-7-15(10-14)21-2/h3-10,12H,11H2,1-2H3. The summed E-state index contributed by atoms with van der Waals surface area (Å²) in [7, 11) is 1.66. The molecule has 0 N–H and O–H groups in total. The maximum absolute atomic E-state index is 11.8. The van der Waals surface area contributed by atoms with Crippen LogP contribution in [0.25, 0.3) is 10.9 Å². The second-order valence-corrected chi connectivity index (χ2v) is 5.10. The molecule has 1 heterocycles. The van der Waals surface area contributed by atoms with E-state index in [0.29, 0.717) is 6.54 Å². The third kappa shape index (κ3) is 2.55. The van der Waals surface area contributed by atoms with E-state index >= 15 is 0 Å². The molecule has 0 atom stereocenters. The van der Waals surface area contributed by atoms with Gasteiger partial charge in [-0.15, -0.1) is 0 Å². The Morgan fingerprint density at radius 2 is 1.95 bits per heavy atom. The summed E-state index contributed by atoms with van der Waals surface area (Å²) in [5, 5.41) is 1.01. The second-order valence-electron chi connectivity index (χ2n) is 5.10. The summed E-state index contributed by atoms with van der Waals surface area (Å²) in [6.45, 7) is 2.32. The van der Waals surface area contributed by atoms with Crippen LogP contribution in [0.15, 0.2) is 54.7 Å². The number of aromatic nitrogens is 1. The highest BCUT2D eigenvalue weighted by Gasteiger charge is 2.11. The molecular weight excluding hydrogens is 262 g/mol. The largest absolute Gasteiger partial charge is 0.497 e. The van der Waals surface area contributed by atoms with Crippen molar-refractivity contribution in [3.8, 4) is 5.75 Å². The molecule has 0 saturated carbocycles. The van der Waals surface area contributed by atoms with Gasteiger partial charge in [0.25, 0.3) is 0 Å². The summed E-state index contributed by atoms with van der Waals surface area (Å²) in [6.07, 6.45) is 1.94. The second kappa shape index (κ2) is 5.44. The summed E-state index contributed by atoms with van der Waals surface area (Å²) in [5.74, 6) is 0.936. The molecule has 0 aliphatic rings. The summed E-state index contributed by atoms with van der Waals surface area (Å²) in [4.78, 5) is 11.8. The van der Waals surface area contributed by atoms with Gasteiger partial charge in [0.2, 0.25) is 0 Å². The molecule has 106 valence electrons. The molecule has 3 nitrogen and oxygen atoms in total. The van der Waals surface area contributed by atoms with Gasteiger partial charge in [0.05, 0.1) is 7.11 Å². The first-order valence-electron chi connectivity index (χ1n) is 6.91. The van der Waals surface area contributed by atoms with Crippen molar-refractivity contribution in [3.05, 3.63) is 65.9 Å². The van der Waals surface area contributed by atoms with Gasteiger partial charge < -0.3 is 9.30 Å². The first kappa shape index (κ1) is 13.4. The zero-order valence-corrected chi connectivity index (χ0v) is 12.2. The van der Waals surface area contributed by atoms with Crippen molar-refractivity contribution in [3.63, 3.8) is 0 Å². The minimum absolute atomic E-state index is 0.0931. The summed E-state index contributed by atoms with van der Waals surface area (Å²) in [5.41, 5.74) is 2.99. The monoisotopic (exact) mass is 279 g/mol. The summed E-state index contributed by atoms with van der Waals surface area (Å²) >= 11 is 0. The van der Waals surface area contributed by atoms with Gasteiger partial charge in [-0.3, -0.25) is 4.79 Å². The van der Waals surface area contributed by atoms with Crippen molar-refractivity contribution in [1.82, 2.24) is 4.57 Å². The average molecular weight is 279 g/mol. The zero-order chi connectivity index (χ0) is 14.8. The molecule has 3 rings (SSSR count). The molecule has 0 saturated heterocycles. The van der Waals surface area contributed by atoms with Crippen LogP contribution >= 0.6 is 0 Å². The number of Topliss-reactive ketones (excluding diaryl/α,β-unsaturated/α-hetero) is 1. The number of ketones is 1. The first-order valence-corrected chi connectivity index (χ1v) is 6.91. The van der Waals surface area contributed by atoms with Crippen LogP contribution in [0.1, 0.15) is 22.8 Å². The summed E-state index contributed by atoms with van der Waals surface area (Å²) in [6, 6.07) is 16.0. The maximum atomic E-state index is 11.8. The lowest BCUT2D eigenvalue weighted by atomic mass is 10.1. The number of carbonyl (C=O) groups is 1. The van der Waals surface area contributed by atoms with Gasteiger partial charge >= 0.3 is 0 Å². The Morgan fingerprint density at radius 1 is 1.14 bits per heavy atom. The molecule has 1 aromatic heterocycles. The van der Waals surface area contributed by atoms with Crippen molar-refractivity contribution in [2.75, 3.05) is 7.11 Å². The Balaban J connectivity index is 2.06. The number of benzene rings is 2. The number of carbonyl (C=O) groups excluding carboxylic acids is 1. The number of hydrogen-bond donors (Lipinski definition) is 0. The highest BCUT2D eigenvalue weighted by molar-refractivity contribution is 6.06. The Labute approximate surface area is 123 Å². The van der Waals surface area contributed by atoms with E-state index in [4.69, 9.17) is 4.74 Å². The predicted molar refractivity (Wildman–Crippen MR) is 84.0 cm³/mol. The molecule has 0 fully saturated rings. The molecule has 0 bridgehead atoms. The SMILES string of the molecule is COc1cccc(Cn2cc(C(C)=O)c3ccccc32)c1. The minimum Gasteiger partial charge on any atom is -0.497 e. The maximum Gasteiger partial charge on any atom is 0.161 e. The number of fused-ring (bicyclic) bond motifs is 1. The lowest BCUT2D eigenvalue weighted by Gasteiger charge is -2.07. The van der Waals surface area contributed by atoms with Crippen molar-refractivity contribution in [1.29, 1.82) is 0 Å². The van der Waals surface area contributed by atoms with Crippen LogP contribution in [0.5, 0.6) is 5.75 Å². The zero-order valence-electron chi connectivity index (χ0n) is 12.2.